The lowest BCUT2D eigenvalue weighted by atomic mass is 10.2. The van der Waals surface area contributed by atoms with E-state index >= 15 is 0 Å². The van der Waals surface area contributed by atoms with Crippen LogP contribution < -0.4 is 5.19 Å². The maximum atomic E-state index is 12.2. The first kappa shape index (κ1) is 9.32. The first-order chi connectivity index (χ1) is 5.55. The van der Waals surface area contributed by atoms with Crippen molar-refractivity contribution in [1.29, 1.82) is 0 Å². The lowest BCUT2D eigenvalue weighted by molar-refractivity contribution is -0.136. The number of hydrogen-bond donors (Lipinski definition) is 0. The third-order valence-electron chi connectivity index (χ3n) is 1.50. The van der Waals surface area contributed by atoms with E-state index < -0.39 is 11.7 Å². The Morgan fingerprint density at radius 2 is 1.75 bits per heavy atom. The summed E-state index contributed by atoms with van der Waals surface area (Å²) < 4.78 is 36.7. The molecule has 2 radical (unpaired) electrons. The maximum absolute atomic E-state index is 12.2. The number of benzene rings is 1. The molecule has 0 heterocycles. The van der Waals surface area contributed by atoms with Crippen molar-refractivity contribution in [2.24, 2.45) is 0 Å². The predicted molar refractivity (Wildman–Crippen MR) is 42.7 cm³/mol. The first-order valence-corrected chi connectivity index (χ1v) is 4.89. The Balaban J connectivity index is 3.14. The molecule has 64 valence electrons. The highest BCUT2D eigenvalue weighted by molar-refractivity contribution is 6.52. The van der Waals surface area contributed by atoms with Crippen molar-refractivity contribution in [2.75, 3.05) is 0 Å². The fraction of sp³-hybridized carbons (Fsp3) is 0.250. The summed E-state index contributed by atoms with van der Waals surface area (Å²) in [6, 6.07) is 5.67. The van der Waals surface area contributed by atoms with E-state index in [1.165, 1.54) is 12.1 Å². The van der Waals surface area contributed by atoms with Gasteiger partial charge in [-0.25, -0.2) is 0 Å². The topological polar surface area (TPSA) is 0 Å². The molecule has 0 aliphatic heterocycles. The van der Waals surface area contributed by atoms with Gasteiger partial charge in [0, 0.05) is 0 Å². The molecule has 0 unspecified atom stereocenters. The monoisotopic (exact) mass is 188 g/mol. The second kappa shape index (κ2) is 3.31. The zero-order valence-corrected chi connectivity index (χ0v) is 7.44. The molecule has 0 aliphatic rings. The number of alkyl halides is 3. The van der Waals surface area contributed by atoms with Gasteiger partial charge in [-0.05, 0) is 0 Å². The van der Waals surface area contributed by atoms with E-state index in [0.717, 1.165) is 6.07 Å². The highest BCUT2D eigenvalue weighted by Gasteiger charge is 2.32. The molecule has 4 heteroatoms. The van der Waals surface area contributed by atoms with Crippen molar-refractivity contribution in [3.05, 3.63) is 29.8 Å². The molecule has 1 rings (SSSR count). The summed E-state index contributed by atoms with van der Waals surface area (Å²) >= 11 is 0. The van der Waals surface area contributed by atoms with Gasteiger partial charge >= 0.3 is 6.18 Å². The van der Waals surface area contributed by atoms with Gasteiger partial charge in [-0.2, -0.15) is 13.2 Å². The Hall–Kier alpha value is -0.773. The van der Waals surface area contributed by atoms with E-state index in [-0.39, 0.29) is 9.52 Å². The Morgan fingerprint density at radius 3 is 2.17 bits per heavy atom. The fourth-order valence-corrected chi connectivity index (χ4v) is 1.71. The quantitative estimate of drug-likeness (QED) is 0.592. The van der Waals surface area contributed by atoms with Crippen LogP contribution in [0.25, 0.3) is 0 Å². The molecule has 1 aromatic rings. The number of hydrogen-bond acceptors (Lipinski definition) is 0. The molecular formula is C8H7F3Si. The Morgan fingerprint density at radius 1 is 1.17 bits per heavy atom. The van der Waals surface area contributed by atoms with Crippen LogP contribution in [-0.2, 0) is 6.18 Å². The van der Waals surface area contributed by atoms with Crippen LogP contribution in [0.3, 0.4) is 0 Å². The van der Waals surface area contributed by atoms with E-state index in [1.807, 2.05) is 0 Å². The van der Waals surface area contributed by atoms with Crippen molar-refractivity contribution in [3.8, 4) is 0 Å². The van der Waals surface area contributed by atoms with Crippen LogP contribution in [0.1, 0.15) is 5.56 Å². The molecule has 0 saturated heterocycles. The molecular weight excluding hydrogens is 181 g/mol. The summed E-state index contributed by atoms with van der Waals surface area (Å²) in [5.41, 5.74) is -0.508. The SMILES string of the molecule is C[Si]c1ccccc1C(F)(F)F. The number of halogens is 3. The first-order valence-electron chi connectivity index (χ1n) is 3.39. The summed E-state index contributed by atoms with van der Waals surface area (Å²) in [5, 5.41) is 0.380. The van der Waals surface area contributed by atoms with Crippen LogP contribution in [0, 0.1) is 0 Å². The van der Waals surface area contributed by atoms with E-state index in [0.29, 0.717) is 5.19 Å². The zero-order valence-electron chi connectivity index (χ0n) is 6.44. The van der Waals surface area contributed by atoms with E-state index in [9.17, 15) is 13.2 Å². The van der Waals surface area contributed by atoms with Crippen LogP contribution in [0.15, 0.2) is 24.3 Å². The van der Waals surface area contributed by atoms with Crippen molar-refractivity contribution >= 4 is 14.7 Å². The normalized spacial score (nSPS) is 11.7. The van der Waals surface area contributed by atoms with Crippen molar-refractivity contribution in [1.82, 2.24) is 0 Å². The average molecular weight is 188 g/mol. The molecule has 0 fully saturated rings. The van der Waals surface area contributed by atoms with Gasteiger partial charge in [-0.1, -0.05) is 36.0 Å². The Labute approximate surface area is 71.2 Å². The highest BCUT2D eigenvalue weighted by Crippen LogP contribution is 2.27. The molecule has 0 bridgehead atoms. The van der Waals surface area contributed by atoms with E-state index in [2.05, 4.69) is 0 Å². The molecule has 0 nitrogen and oxygen atoms in total. The zero-order chi connectivity index (χ0) is 9.19. The minimum Gasteiger partial charge on any atom is -0.166 e. The summed E-state index contributed by atoms with van der Waals surface area (Å²) in [4.78, 5) is 0. The Bertz CT molecular complexity index is 267. The molecule has 0 spiro atoms. The molecule has 0 saturated carbocycles. The van der Waals surface area contributed by atoms with Gasteiger partial charge in [0.2, 0.25) is 0 Å². The molecule has 0 N–H and O–H groups in total. The third kappa shape index (κ3) is 1.88. The van der Waals surface area contributed by atoms with Gasteiger partial charge in [-0.15, -0.1) is 0 Å². The van der Waals surface area contributed by atoms with Crippen molar-refractivity contribution in [2.45, 2.75) is 12.7 Å². The fourth-order valence-electron chi connectivity index (χ4n) is 0.948. The maximum Gasteiger partial charge on any atom is 0.416 e. The highest BCUT2D eigenvalue weighted by atomic mass is 28.2. The van der Waals surface area contributed by atoms with Gasteiger partial charge in [0.15, 0.2) is 0 Å². The standard InChI is InChI=1S/C8H7F3Si/c1-12-7-5-3-2-4-6(7)8(9,10)11/h2-5H,1H3. The molecule has 1 aromatic carbocycles. The van der Waals surface area contributed by atoms with Gasteiger partial charge < -0.3 is 0 Å². The van der Waals surface area contributed by atoms with Gasteiger partial charge in [0.05, 0.1) is 15.1 Å². The van der Waals surface area contributed by atoms with Crippen LogP contribution in [0.5, 0.6) is 0 Å². The van der Waals surface area contributed by atoms with Crippen molar-refractivity contribution < 1.29 is 13.2 Å². The average Bonchev–Trinajstić information content (AvgIpc) is 2.03. The van der Waals surface area contributed by atoms with E-state index in [1.54, 1.807) is 12.6 Å². The molecule has 0 amide bonds. The molecule has 0 atom stereocenters. The predicted octanol–water partition coefficient (Wildman–Crippen LogP) is 2.08. The van der Waals surface area contributed by atoms with Crippen molar-refractivity contribution in [3.63, 3.8) is 0 Å². The summed E-state index contributed by atoms with van der Waals surface area (Å²) in [7, 11) is 0.182. The van der Waals surface area contributed by atoms with Gasteiger partial charge in [0.25, 0.3) is 0 Å². The minimum absolute atomic E-state index is 0.182. The van der Waals surface area contributed by atoms with Gasteiger partial charge in [0.1, 0.15) is 0 Å². The smallest absolute Gasteiger partial charge is 0.166 e. The summed E-state index contributed by atoms with van der Waals surface area (Å²) in [6.07, 6.45) is -4.21. The Kier molecular flexibility index (Phi) is 2.57. The molecule has 0 aromatic heterocycles. The third-order valence-corrected chi connectivity index (χ3v) is 2.48. The molecule has 12 heavy (non-hydrogen) atoms. The van der Waals surface area contributed by atoms with Crippen LogP contribution in [0.2, 0.25) is 6.55 Å². The lowest BCUT2D eigenvalue weighted by Gasteiger charge is -2.10. The summed E-state index contributed by atoms with van der Waals surface area (Å²) in [5.74, 6) is 0. The largest absolute Gasteiger partial charge is 0.416 e. The van der Waals surface area contributed by atoms with E-state index in [4.69, 9.17) is 0 Å². The second-order valence-corrected chi connectivity index (χ2v) is 3.33. The van der Waals surface area contributed by atoms with Crippen LogP contribution >= 0.6 is 0 Å². The van der Waals surface area contributed by atoms with Crippen LogP contribution in [-0.4, -0.2) is 9.52 Å². The molecule has 0 aliphatic carbocycles. The number of rotatable bonds is 1. The lowest BCUT2D eigenvalue weighted by Crippen LogP contribution is -2.23. The minimum atomic E-state index is -4.21. The van der Waals surface area contributed by atoms with Gasteiger partial charge in [-0.3, -0.25) is 0 Å². The summed E-state index contributed by atoms with van der Waals surface area (Å²) in [6.45, 7) is 1.74. The second-order valence-electron chi connectivity index (χ2n) is 2.29. The van der Waals surface area contributed by atoms with Crippen LogP contribution in [0.4, 0.5) is 13.2 Å².